The summed E-state index contributed by atoms with van der Waals surface area (Å²) in [5, 5.41) is 16.4. The molecule has 0 unspecified atom stereocenters. The second kappa shape index (κ2) is 22.0. The van der Waals surface area contributed by atoms with E-state index in [-0.39, 0.29) is 35.3 Å². The number of imide groups is 1. The highest BCUT2D eigenvalue weighted by Gasteiger charge is 2.59. The molecule has 61 heavy (non-hydrogen) atoms. The summed E-state index contributed by atoms with van der Waals surface area (Å²) < 4.78 is 37.6. The highest BCUT2D eigenvalue weighted by atomic mass is 32.2. The number of nitro groups is 1. The number of esters is 5. The number of anilines is 1. The molecule has 0 saturated heterocycles. The third-order valence-corrected chi connectivity index (χ3v) is 9.57. The van der Waals surface area contributed by atoms with Crippen LogP contribution >= 0.6 is 11.8 Å². The van der Waals surface area contributed by atoms with Gasteiger partial charge in [0.2, 0.25) is 4.87 Å². The van der Waals surface area contributed by atoms with Gasteiger partial charge in [-0.2, -0.15) is 5.01 Å². The Morgan fingerprint density at radius 1 is 0.738 bits per heavy atom. The Labute approximate surface area is 353 Å². The van der Waals surface area contributed by atoms with Crippen LogP contribution in [0.4, 0.5) is 21.0 Å². The largest absolute Gasteiger partial charge is 0.462 e. The van der Waals surface area contributed by atoms with Gasteiger partial charge < -0.3 is 38.1 Å². The lowest BCUT2D eigenvalue weighted by Crippen LogP contribution is -2.56. The van der Waals surface area contributed by atoms with Crippen molar-refractivity contribution in [2.75, 3.05) is 38.3 Å². The summed E-state index contributed by atoms with van der Waals surface area (Å²) in [6.45, 7) is 6.43. The summed E-state index contributed by atoms with van der Waals surface area (Å²) in [7, 11) is 1.38. The summed E-state index contributed by atoms with van der Waals surface area (Å²) in [4.78, 5) is 115. The van der Waals surface area contributed by atoms with Crippen LogP contribution in [0.3, 0.4) is 0 Å². The van der Waals surface area contributed by atoms with Gasteiger partial charge in [-0.05, 0) is 37.7 Å². The van der Waals surface area contributed by atoms with Gasteiger partial charge in [-0.1, -0.05) is 30.3 Å². The maximum Gasteiger partial charge on any atom is 0.432 e. The SMILES string of the molecule is CCOC(=O)N(C(=O)[C@]1(c2ccccc2)SC(N(C)C[C@H](OC(C)=O)[C@@H](OC(C)=O)[C@H](OC(C)=O)[C@@H](COC(C)=O)OC(C)=O)=NN1C(=O)OCC)c1ccc([N+](=O)[O-])cc1. The lowest BCUT2D eigenvalue weighted by atomic mass is 10.0. The van der Waals surface area contributed by atoms with Crippen LogP contribution < -0.4 is 4.90 Å². The molecule has 1 heterocycles. The predicted molar refractivity (Wildman–Crippen MR) is 211 cm³/mol. The monoisotopic (exact) mass is 875 g/mol. The van der Waals surface area contributed by atoms with E-state index in [1.807, 2.05) is 0 Å². The normalized spacial score (nSPS) is 16.3. The number of thioether (sulfide) groups is 1. The fourth-order valence-corrected chi connectivity index (χ4v) is 7.05. The van der Waals surface area contributed by atoms with Crippen molar-refractivity contribution >= 4 is 76.2 Å². The van der Waals surface area contributed by atoms with Crippen LogP contribution in [0.1, 0.15) is 54.0 Å². The summed E-state index contributed by atoms with van der Waals surface area (Å²) >= 11 is 0.621. The number of benzene rings is 2. The standard InChI is InChI=1S/C38H45N5O17S/c1-9-54-36(50)41(28-16-18-29(19-17-28)43(52)53)34(49)38(27-14-12-11-13-15-27)42(37(51)55-10-2)39-35(61-38)40(8)20-30(57-23(4)45)32(59-25(6)47)33(60-26(7)48)31(58-24(5)46)21-56-22(3)44/h11-19,30-33H,9-10,20-21H2,1-8H3/t30-,31+,32+,33+,38-/m0/s1. The van der Waals surface area contributed by atoms with Crippen LogP contribution in [0.25, 0.3) is 0 Å². The number of amides is 3. The smallest absolute Gasteiger partial charge is 0.432 e. The van der Waals surface area contributed by atoms with Gasteiger partial charge in [-0.25, -0.2) is 14.5 Å². The van der Waals surface area contributed by atoms with Crippen LogP contribution in [0.2, 0.25) is 0 Å². The Kier molecular flexibility index (Phi) is 17.5. The topological polar surface area (TPSA) is 266 Å². The molecule has 1 aliphatic rings. The Hall–Kier alpha value is -6.78. The van der Waals surface area contributed by atoms with E-state index in [0.29, 0.717) is 21.7 Å². The van der Waals surface area contributed by atoms with E-state index in [1.165, 1.54) is 37.9 Å². The second-order valence-corrected chi connectivity index (χ2v) is 13.9. The van der Waals surface area contributed by atoms with Crippen LogP contribution in [0.5, 0.6) is 0 Å². The van der Waals surface area contributed by atoms with E-state index in [1.54, 1.807) is 18.2 Å². The molecule has 2 aromatic carbocycles. The molecule has 0 spiro atoms. The van der Waals surface area contributed by atoms with E-state index < -0.39 is 95.3 Å². The van der Waals surface area contributed by atoms with Crippen molar-refractivity contribution in [3.8, 4) is 0 Å². The molecule has 2 aromatic rings. The van der Waals surface area contributed by atoms with Gasteiger partial charge in [0.1, 0.15) is 6.61 Å². The minimum Gasteiger partial charge on any atom is -0.462 e. The van der Waals surface area contributed by atoms with Gasteiger partial charge in [-0.3, -0.25) is 38.9 Å². The maximum absolute atomic E-state index is 15.2. The van der Waals surface area contributed by atoms with Crippen LogP contribution in [-0.2, 0) is 66.8 Å². The van der Waals surface area contributed by atoms with Crippen molar-refractivity contribution in [3.63, 3.8) is 0 Å². The molecule has 0 radical (unpaired) electrons. The fraction of sp³-hybridized carbons (Fsp3) is 0.447. The highest BCUT2D eigenvalue weighted by Crippen LogP contribution is 2.49. The number of amidine groups is 1. The number of hydrazone groups is 1. The summed E-state index contributed by atoms with van der Waals surface area (Å²) in [5.74, 6) is -5.75. The molecule has 0 fully saturated rings. The molecule has 0 N–H and O–H groups in total. The molecule has 3 rings (SSSR count). The average Bonchev–Trinajstić information content (AvgIpc) is 3.60. The minimum atomic E-state index is -2.33. The first kappa shape index (κ1) is 48.6. The van der Waals surface area contributed by atoms with Crippen molar-refractivity contribution in [1.82, 2.24) is 9.91 Å². The molecule has 23 heteroatoms. The van der Waals surface area contributed by atoms with Gasteiger partial charge in [0, 0.05) is 59.4 Å². The number of carbonyl (C=O) groups excluding carboxylic acids is 8. The number of hydrogen-bond acceptors (Lipinski definition) is 20. The fourth-order valence-electron chi connectivity index (χ4n) is 5.80. The zero-order chi connectivity index (χ0) is 45.6. The van der Waals surface area contributed by atoms with Gasteiger partial charge in [-0.15, -0.1) is 5.10 Å². The number of nitro benzene ring substituents is 1. The Bertz CT molecular complexity index is 2000. The molecule has 0 bridgehead atoms. The number of non-ortho nitro benzene ring substituents is 1. The minimum absolute atomic E-state index is 0.0837. The molecule has 0 aromatic heterocycles. The van der Waals surface area contributed by atoms with Gasteiger partial charge in [0.25, 0.3) is 11.6 Å². The molecular formula is C38H45N5O17S. The quantitative estimate of drug-likeness (QED) is 0.0950. The zero-order valence-corrected chi connectivity index (χ0v) is 35.2. The van der Waals surface area contributed by atoms with Crippen LogP contribution in [0, 0.1) is 10.1 Å². The second-order valence-electron chi connectivity index (χ2n) is 12.7. The Balaban J connectivity index is 2.27. The van der Waals surface area contributed by atoms with Gasteiger partial charge >= 0.3 is 42.0 Å². The number of carbonyl (C=O) groups is 8. The number of rotatable bonds is 17. The lowest BCUT2D eigenvalue weighted by molar-refractivity contribution is -0.384. The Morgan fingerprint density at radius 3 is 1.75 bits per heavy atom. The molecule has 330 valence electrons. The molecule has 0 saturated carbocycles. The zero-order valence-electron chi connectivity index (χ0n) is 34.4. The van der Waals surface area contributed by atoms with Crippen molar-refractivity contribution in [1.29, 1.82) is 0 Å². The number of likely N-dealkylation sites (N-methyl/N-ethyl adjacent to an activating group) is 1. The van der Waals surface area contributed by atoms with E-state index in [9.17, 15) is 43.7 Å². The molecule has 1 aliphatic heterocycles. The van der Waals surface area contributed by atoms with Crippen molar-refractivity contribution in [2.45, 2.75) is 77.8 Å². The third-order valence-electron chi connectivity index (χ3n) is 8.12. The van der Waals surface area contributed by atoms with Crippen molar-refractivity contribution in [2.24, 2.45) is 5.10 Å². The first-order valence-corrected chi connectivity index (χ1v) is 19.2. The predicted octanol–water partition coefficient (Wildman–Crippen LogP) is 3.64. The Morgan fingerprint density at radius 2 is 1.26 bits per heavy atom. The lowest BCUT2D eigenvalue weighted by Gasteiger charge is -2.37. The van der Waals surface area contributed by atoms with E-state index in [2.05, 4.69) is 5.10 Å². The molecular weight excluding hydrogens is 831 g/mol. The first-order valence-electron chi connectivity index (χ1n) is 18.4. The highest BCUT2D eigenvalue weighted by molar-refractivity contribution is 8.15. The third kappa shape index (κ3) is 12.6. The van der Waals surface area contributed by atoms with Crippen LogP contribution in [-0.4, -0.2) is 126 Å². The maximum atomic E-state index is 15.2. The number of nitrogens with zero attached hydrogens (tertiary/aromatic N) is 5. The molecule has 22 nitrogen and oxygen atoms in total. The molecule has 5 atom stereocenters. The number of ether oxygens (including phenoxy) is 7. The van der Waals surface area contributed by atoms with Crippen molar-refractivity contribution < 1.29 is 76.4 Å². The van der Waals surface area contributed by atoms with E-state index in [0.717, 1.165) is 58.9 Å². The summed E-state index contributed by atoms with van der Waals surface area (Å²) in [6, 6.07) is 12.0. The summed E-state index contributed by atoms with van der Waals surface area (Å²) in [6.07, 6.45) is -9.20. The van der Waals surface area contributed by atoms with E-state index in [4.69, 9.17) is 33.2 Å². The average molecular weight is 876 g/mol. The molecule has 3 amide bonds. The number of hydrogen-bond donors (Lipinski definition) is 0. The van der Waals surface area contributed by atoms with Crippen LogP contribution in [0.15, 0.2) is 59.7 Å². The van der Waals surface area contributed by atoms with Gasteiger partial charge in [0.05, 0.1) is 30.4 Å². The van der Waals surface area contributed by atoms with Gasteiger partial charge in [0.15, 0.2) is 29.6 Å². The van der Waals surface area contributed by atoms with Crippen molar-refractivity contribution in [3.05, 3.63) is 70.3 Å². The van der Waals surface area contributed by atoms with E-state index >= 15 is 4.79 Å². The first-order chi connectivity index (χ1) is 28.8. The summed E-state index contributed by atoms with van der Waals surface area (Å²) in [5.41, 5.74) is -0.452. The molecule has 0 aliphatic carbocycles.